The number of nitrogens with zero attached hydrogens (tertiary/aromatic N) is 2. The lowest BCUT2D eigenvalue weighted by molar-refractivity contribution is -0.132. The topological polar surface area (TPSA) is 79.0 Å². The van der Waals surface area contributed by atoms with E-state index >= 15 is 0 Å². The van der Waals surface area contributed by atoms with Crippen LogP contribution < -0.4 is 10.1 Å². The van der Waals surface area contributed by atoms with Gasteiger partial charge in [-0.2, -0.15) is 0 Å². The molecule has 158 valence electrons. The quantitative estimate of drug-likeness (QED) is 0.789. The summed E-state index contributed by atoms with van der Waals surface area (Å²) < 4.78 is 19.2. The van der Waals surface area contributed by atoms with Gasteiger partial charge in [-0.15, -0.1) is 0 Å². The number of rotatable bonds is 6. The molecule has 8 heteroatoms. The van der Waals surface area contributed by atoms with Gasteiger partial charge in [-0.25, -0.2) is 4.39 Å². The second-order valence-corrected chi connectivity index (χ2v) is 6.84. The minimum Gasteiger partial charge on any atom is -0.483 e. The average molecular weight is 413 g/mol. The smallest absolute Gasteiger partial charge is 0.262 e. The molecule has 0 unspecified atom stereocenters. The zero-order valence-corrected chi connectivity index (χ0v) is 16.8. The van der Waals surface area contributed by atoms with Gasteiger partial charge in [-0.3, -0.25) is 14.4 Å². The third-order valence-corrected chi connectivity index (χ3v) is 4.85. The number of halogens is 1. The Morgan fingerprint density at radius 3 is 2.30 bits per heavy atom. The molecule has 3 rings (SSSR count). The summed E-state index contributed by atoms with van der Waals surface area (Å²) in [5.41, 5.74) is 0.404. The summed E-state index contributed by atoms with van der Waals surface area (Å²) >= 11 is 0. The standard InChI is InChI=1S/C22H24FN3O4/c1-2-21(28)25-11-13-26(14-12-25)22(29)16-7-3-6-10-19(16)30-15-20(27)24-18-9-5-4-8-17(18)23/h3-10H,2,11-15H2,1H3,(H,24,27). The molecule has 0 radical (unpaired) electrons. The van der Waals surface area contributed by atoms with Crippen LogP contribution in [0.2, 0.25) is 0 Å². The van der Waals surface area contributed by atoms with Crippen LogP contribution in [0.5, 0.6) is 5.75 Å². The van der Waals surface area contributed by atoms with E-state index in [0.717, 1.165) is 0 Å². The molecule has 1 saturated heterocycles. The number of carbonyl (C=O) groups excluding carboxylic acids is 3. The molecular weight excluding hydrogens is 389 g/mol. The van der Waals surface area contributed by atoms with E-state index in [1.54, 1.807) is 40.1 Å². The Kier molecular flexibility index (Phi) is 7.00. The lowest BCUT2D eigenvalue weighted by Gasteiger charge is -2.35. The van der Waals surface area contributed by atoms with Crippen molar-refractivity contribution >= 4 is 23.4 Å². The first kappa shape index (κ1) is 21.3. The average Bonchev–Trinajstić information content (AvgIpc) is 2.78. The summed E-state index contributed by atoms with van der Waals surface area (Å²) in [6.07, 6.45) is 0.444. The molecule has 0 atom stereocenters. The molecule has 1 N–H and O–H groups in total. The van der Waals surface area contributed by atoms with Crippen molar-refractivity contribution in [1.29, 1.82) is 0 Å². The van der Waals surface area contributed by atoms with Crippen molar-refractivity contribution in [3.8, 4) is 5.75 Å². The van der Waals surface area contributed by atoms with Crippen molar-refractivity contribution in [2.24, 2.45) is 0 Å². The number of ether oxygens (including phenoxy) is 1. The molecule has 0 aromatic heterocycles. The zero-order chi connectivity index (χ0) is 21.5. The van der Waals surface area contributed by atoms with E-state index in [1.165, 1.54) is 18.2 Å². The number of piperazine rings is 1. The fraction of sp³-hybridized carbons (Fsp3) is 0.318. The first-order chi connectivity index (χ1) is 14.5. The number of anilines is 1. The number of amides is 3. The van der Waals surface area contributed by atoms with Crippen LogP contribution in [0.1, 0.15) is 23.7 Å². The van der Waals surface area contributed by atoms with E-state index in [2.05, 4.69) is 5.32 Å². The van der Waals surface area contributed by atoms with Gasteiger partial charge in [0.25, 0.3) is 11.8 Å². The largest absolute Gasteiger partial charge is 0.483 e. The number of hydrogen-bond acceptors (Lipinski definition) is 4. The van der Waals surface area contributed by atoms with Gasteiger partial charge in [0.2, 0.25) is 5.91 Å². The van der Waals surface area contributed by atoms with Crippen LogP contribution in [0.15, 0.2) is 48.5 Å². The van der Waals surface area contributed by atoms with Gasteiger partial charge < -0.3 is 19.9 Å². The van der Waals surface area contributed by atoms with Crippen molar-refractivity contribution in [2.75, 3.05) is 38.1 Å². The Bertz CT molecular complexity index is 926. The predicted octanol–water partition coefficient (Wildman–Crippen LogP) is 2.54. The minimum absolute atomic E-state index is 0.0648. The normalized spacial score (nSPS) is 13.7. The van der Waals surface area contributed by atoms with Crippen molar-refractivity contribution in [3.63, 3.8) is 0 Å². The van der Waals surface area contributed by atoms with E-state index in [0.29, 0.717) is 38.2 Å². The monoisotopic (exact) mass is 413 g/mol. The van der Waals surface area contributed by atoms with Crippen molar-refractivity contribution in [2.45, 2.75) is 13.3 Å². The van der Waals surface area contributed by atoms with Crippen LogP contribution in [0, 0.1) is 5.82 Å². The molecule has 1 fully saturated rings. The number of para-hydroxylation sites is 2. The molecule has 0 aliphatic carbocycles. The Morgan fingerprint density at radius 2 is 1.60 bits per heavy atom. The Balaban J connectivity index is 1.60. The van der Waals surface area contributed by atoms with E-state index in [9.17, 15) is 18.8 Å². The summed E-state index contributed by atoms with van der Waals surface area (Å²) in [4.78, 5) is 40.3. The highest BCUT2D eigenvalue weighted by atomic mass is 19.1. The lowest BCUT2D eigenvalue weighted by Crippen LogP contribution is -2.50. The van der Waals surface area contributed by atoms with Crippen molar-refractivity contribution < 1.29 is 23.5 Å². The van der Waals surface area contributed by atoms with Crippen molar-refractivity contribution in [3.05, 3.63) is 59.9 Å². The van der Waals surface area contributed by atoms with Crippen LogP contribution >= 0.6 is 0 Å². The third-order valence-electron chi connectivity index (χ3n) is 4.85. The Labute approximate surface area is 174 Å². The summed E-state index contributed by atoms with van der Waals surface area (Å²) in [5.74, 6) is -0.940. The fourth-order valence-corrected chi connectivity index (χ4v) is 3.21. The molecule has 0 saturated carbocycles. The summed E-state index contributed by atoms with van der Waals surface area (Å²) in [7, 11) is 0. The molecule has 7 nitrogen and oxygen atoms in total. The van der Waals surface area contributed by atoms with E-state index in [1.807, 2.05) is 6.92 Å². The minimum atomic E-state index is -0.540. The second kappa shape index (κ2) is 9.87. The SMILES string of the molecule is CCC(=O)N1CCN(C(=O)c2ccccc2OCC(=O)Nc2ccccc2F)CC1. The number of hydrogen-bond donors (Lipinski definition) is 1. The van der Waals surface area contributed by atoms with E-state index < -0.39 is 11.7 Å². The molecule has 0 bridgehead atoms. The number of carbonyl (C=O) groups is 3. The van der Waals surface area contributed by atoms with Crippen LogP contribution in [0.3, 0.4) is 0 Å². The maximum atomic E-state index is 13.7. The Morgan fingerprint density at radius 1 is 0.967 bits per heavy atom. The first-order valence-corrected chi connectivity index (χ1v) is 9.83. The highest BCUT2D eigenvalue weighted by molar-refractivity contribution is 5.97. The van der Waals surface area contributed by atoms with Gasteiger partial charge in [-0.05, 0) is 24.3 Å². The third kappa shape index (κ3) is 5.14. The number of nitrogens with one attached hydrogen (secondary N) is 1. The van der Waals surface area contributed by atoms with Gasteiger partial charge in [0.05, 0.1) is 11.3 Å². The molecule has 1 aliphatic heterocycles. The first-order valence-electron chi connectivity index (χ1n) is 9.83. The van der Waals surface area contributed by atoms with Gasteiger partial charge in [0.1, 0.15) is 11.6 Å². The van der Waals surface area contributed by atoms with Crippen LogP contribution in [-0.2, 0) is 9.59 Å². The van der Waals surface area contributed by atoms with Gasteiger partial charge in [0, 0.05) is 32.6 Å². The van der Waals surface area contributed by atoms with E-state index in [-0.39, 0.29) is 29.9 Å². The fourth-order valence-electron chi connectivity index (χ4n) is 3.21. The summed E-state index contributed by atoms with van der Waals surface area (Å²) in [6, 6.07) is 12.5. The molecule has 2 aromatic carbocycles. The van der Waals surface area contributed by atoms with Crippen LogP contribution in [-0.4, -0.2) is 60.3 Å². The second-order valence-electron chi connectivity index (χ2n) is 6.84. The zero-order valence-electron chi connectivity index (χ0n) is 16.8. The summed E-state index contributed by atoms with van der Waals surface area (Å²) in [5, 5.41) is 2.44. The highest BCUT2D eigenvalue weighted by Gasteiger charge is 2.26. The molecule has 1 aliphatic rings. The Hall–Kier alpha value is -3.42. The van der Waals surface area contributed by atoms with Crippen LogP contribution in [0.4, 0.5) is 10.1 Å². The van der Waals surface area contributed by atoms with Gasteiger partial charge in [0.15, 0.2) is 6.61 Å². The summed E-state index contributed by atoms with van der Waals surface area (Å²) in [6.45, 7) is 3.31. The molecule has 1 heterocycles. The molecular formula is C22H24FN3O4. The maximum Gasteiger partial charge on any atom is 0.262 e. The predicted molar refractivity (Wildman–Crippen MR) is 110 cm³/mol. The van der Waals surface area contributed by atoms with E-state index in [4.69, 9.17) is 4.74 Å². The lowest BCUT2D eigenvalue weighted by atomic mass is 10.1. The molecule has 2 aromatic rings. The molecule has 30 heavy (non-hydrogen) atoms. The maximum absolute atomic E-state index is 13.7. The van der Waals surface area contributed by atoms with Crippen molar-refractivity contribution in [1.82, 2.24) is 9.80 Å². The van der Waals surface area contributed by atoms with Gasteiger partial charge in [-0.1, -0.05) is 31.2 Å². The molecule has 3 amide bonds. The molecule has 0 spiro atoms. The highest BCUT2D eigenvalue weighted by Crippen LogP contribution is 2.21. The van der Waals surface area contributed by atoms with Crippen LogP contribution in [0.25, 0.3) is 0 Å². The number of benzene rings is 2. The van der Waals surface area contributed by atoms with Gasteiger partial charge >= 0.3 is 0 Å².